The van der Waals surface area contributed by atoms with Gasteiger partial charge in [-0.1, -0.05) is 12.1 Å². The summed E-state index contributed by atoms with van der Waals surface area (Å²) in [5.74, 6) is -2.21. The number of hydrogen-bond donors (Lipinski definition) is 1. The quantitative estimate of drug-likeness (QED) is 0.691. The summed E-state index contributed by atoms with van der Waals surface area (Å²) in [6, 6.07) is 6.78. The molecule has 34 heavy (non-hydrogen) atoms. The highest BCUT2D eigenvalue weighted by Gasteiger charge is 2.32. The molecule has 2 atom stereocenters. The Morgan fingerprint density at radius 1 is 0.971 bits per heavy atom. The lowest BCUT2D eigenvalue weighted by Gasteiger charge is -2.36. The van der Waals surface area contributed by atoms with Crippen molar-refractivity contribution in [2.45, 2.75) is 31.3 Å². The Morgan fingerprint density at radius 3 is 2.47 bits per heavy atom. The third kappa shape index (κ3) is 4.50. The summed E-state index contributed by atoms with van der Waals surface area (Å²) >= 11 is 0. The number of rotatable bonds is 4. The fourth-order valence-electron chi connectivity index (χ4n) is 4.89. The monoisotopic (exact) mass is 473 g/mol. The first-order valence-electron chi connectivity index (χ1n) is 11.4. The largest absolute Gasteiger partial charge is 0.454 e. The second-order valence-electron chi connectivity index (χ2n) is 8.98. The number of hydrogen-bond acceptors (Lipinski definition) is 5. The summed E-state index contributed by atoms with van der Waals surface area (Å²) in [7, 11) is 0. The summed E-state index contributed by atoms with van der Waals surface area (Å²) in [6.07, 6.45) is 2.32. The molecule has 1 aliphatic carbocycles. The van der Waals surface area contributed by atoms with Gasteiger partial charge in [-0.25, -0.2) is 13.2 Å². The number of amides is 1. The minimum atomic E-state index is -1.23. The highest BCUT2D eigenvalue weighted by molar-refractivity contribution is 5.93. The molecule has 2 aromatic rings. The summed E-state index contributed by atoms with van der Waals surface area (Å²) in [4.78, 5) is 17.2. The van der Waals surface area contributed by atoms with Crippen molar-refractivity contribution in [3.05, 3.63) is 70.6 Å². The van der Waals surface area contributed by atoms with Crippen LogP contribution in [0.25, 0.3) is 0 Å². The van der Waals surface area contributed by atoms with Gasteiger partial charge in [0.1, 0.15) is 5.82 Å². The molecule has 0 spiro atoms. The fourth-order valence-corrected chi connectivity index (χ4v) is 4.89. The number of fused-ring (bicyclic) bond motifs is 1. The molecule has 0 bridgehead atoms. The van der Waals surface area contributed by atoms with E-state index < -0.39 is 29.4 Å². The molecule has 1 amide bonds. The van der Waals surface area contributed by atoms with Crippen LogP contribution in [-0.2, 0) is 11.3 Å². The Balaban J connectivity index is 1.18. The molecule has 3 aliphatic rings. The van der Waals surface area contributed by atoms with E-state index in [1.807, 2.05) is 23.1 Å². The van der Waals surface area contributed by atoms with Crippen LogP contribution in [0.15, 0.2) is 42.0 Å². The summed E-state index contributed by atoms with van der Waals surface area (Å²) < 4.78 is 51.9. The lowest BCUT2D eigenvalue weighted by molar-refractivity contribution is -0.129. The normalized spacial score (nSPS) is 22.6. The second-order valence-corrected chi connectivity index (χ2v) is 8.98. The van der Waals surface area contributed by atoms with Gasteiger partial charge in [-0.15, -0.1) is 0 Å². The van der Waals surface area contributed by atoms with Gasteiger partial charge in [0.05, 0.1) is 0 Å². The van der Waals surface area contributed by atoms with Crippen molar-refractivity contribution in [1.82, 2.24) is 9.80 Å². The number of nitrogens with zero attached hydrogens (tertiary/aromatic N) is 2. The SMILES string of the molecule is N[C@H]1CC(C(=O)N2CCN(Cc3ccc4c(c3)OCO4)CC2)=CC[C@@H]1c1cc(F)c(F)cc1F. The van der Waals surface area contributed by atoms with Gasteiger partial charge >= 0.3 is 0 Å². The Labute approximate surface area is 195 Å². The first-order chi connectivity index (χ1) is 16.4. The summed E-state index contributed by atoms with van der Waals surface area (Å²) in [6.45, 7) is 3.67. The molecule has 6 nitrogen and oxygen atoms in total. The Bertz CT molecular complexity index is 1130. The standard InChI is InChI=1S/C25H26F3N3O3/c26-19-12-21(28)20(27)11-18(19)17-3-2-16(10-22(17)29)25(32)31-7-5-30(6-8-31)13-15-1-4-23-24(9-15)34-14-33-23/h1-2,4,9,11-12,17,22H,3,5-8,10,13-14,29H2/t17-,22+/m1/s1. The van der Waals surface area contributed by atoms with Crippen LogP contribution in [0, 0.1) is 17.5 Å². The van der Waals surface area contributed by atoms with E-state index in [0.29, 0.717) is 31.1 Å². The third-order valence-corrected chi connectivity index (χ3v) is 6.81. The first-order valence-corrected chi connectivity index (χ1v) is 11.4. The maximum atomic E-state index is 14.2. The Morgan fingerprint density at radius 2 is 1.71 bits per heavy atom. The molecule has 0 saturated carbocycles. The molecular weight excluding hydrogens is 447 g/mol. The zero-order valence-corrected chi connectivity index (χ0v) is 18.6. The van der Waals surface area contributed by atoms with Crippen LogP contribution in [-0.4, -0.2) is 54.7 Å². The van der Waals surface area contributed by atoms with E-state index in [1.54, 1.807) is 6.08 Å². The molecule has 2 aromatic carbocycles. The second kappa shape index (κ2) is 9.31. The predicted molar refractivity (Wildman–Crippen MR) is 119 cm³/mol. The van der Waals surface area contributed by atoms with E-state index in [-0.39, 0.29) is 24.7 Å². The van der Waals surface area contributed by atoms with E-state index in [4.69, 9.17) is 15.2 Å². The average Bonchev–Trinajstić information content (AvgIpc) is 3.30. The molecule has 1 saturated heterocycles. The van der Waals surface area contributed by atoms with Gasteiger partial charge in [0.2, 0.25) is 12.7 Å². The summed E-state index contributed by atoms with van der Waals surface area (Å²) in [5, 5.41) is 0. The number of halogens is 3. The van der Waals surface area contributed by atoms with Crippen LogP contribution in [0.4, 0.5) is 13.2 Å². The average molecular weight is 473 g/mol. The number of ether oxygens (including phenoxy) is 2. The molecule has 1 fully saturated rings. The van der Waals surface area contributed by atoms with E-state index in [2.05, 4.69) is 4.90 Å². The van der Waals surface area contributed by atoms with E-state index in [9.17, 15) is 18.0 Å². The van der Waals surface area contributed by atoms with Crippen molar-refractivity contribution in [3.63, 3.8) is 0 Å². The highest BCUT2D eigenvalue weighted by atomic mass is 19.2. The minimum absolute atomic E-state index is 0.0475. The Hall–Kier alpha value is -3.04. The van der Waals surface area contributed by atoms with E-state index in [0.717, 1.165) is 42.8 Å². The van der Waals surface area contributed by atoms with Gasteiger partial charge in [-0.3, -0.25) is 9.69 Å². The van der Waals surface area contributed by atoms with Gasteiger partial charge in [-0.2, -0.15) is 0 Å². The van der Waals surface area contributed by atoms with Crippen LogP contribution >= 0.6 is 0 Å². The van der Waals surface area contributed by atoms with Crippen LogP contribution in [0.3, 0.4) is 0 Å². The lowest BCUT2D eigenvalue weighted by Crippen LogP contribution is -2.49. The number of nitrogens with two attached hydrogens (primary N) is 1. The number of carbonyl (C=O) groups is 1. The first kappa shape index (κ1) is 22.7. The number of carbonyl (C=O) groups excluding carboxylic acids is 1. The lowest BCUT2D eigenvalue weighted by atomic mass is 9.80. The molecule has 180 valence electrons. The maximum Gasteiger partial charge on any atom is 0.249 e. The molecule has 2 N–H and O–H groups in total. The minimum Gasteiger partial charge on any atom is -0.454 e. The number of allylic oxidation sites excluding steroid dienone is 1. The van der Waals surface area contributed by atoms with Crippen molar-refractivity contribution < 1.29 is 27.4 Å². The fraction of sp³-hybridized carbons (Fsp3) is 0.400. The Kier molecular flexibility index (Phi) is 6.22. The molecule has 9 heteroatoms. The van der Waals surface area contributed by atoms with Gasteiger partial charge in [0, 0.05) is 56.3 Å². The van der Waals surface area contributed by atoms with Gasteiger partial charge < -0.3 is 20.1 Å². The predicted octanol–water partition coefficient (Wildman–Crippen LogP) is 3.31. The van der Waals surface area contributed by atoms with Crippen molar-refractivity contribution >= 4 is 5.91 Å². The van der Waals surface area contributed by atoms with Crippen molar-refractivity contribution in [2.24, 2.45) is 5.73 Å². The molecule has 2 aliphatic heterocycles. The summed E-state index contributed by atoms with van der Waals surface area (Å²) in [5.41, 5.74) is 8.02. The topological polar surface area (TPSA) is 68.0 Å². The van der Waals surface area contributed by atoms with Gasteiger partial charge in [0.25, 0.3) is 0 Å². The van der Waals surface area contributed by atoms with Crippen LogP contribution in [0.1, 0.15) is 29.9 Å². The highest BCUT2D eigenvalue weighted by Crippen LogP contribution is 2.35. The zero-order chi connectivity index (χ0) is 23.8. The molecule has 2 heterocycles. The molecule has 0 aromatic heterocycles. The van der Waals surface area contributed by atoms with Crippen molar-refractivity contribution in [3.8, 4) is 11.5 Å². The van der Waals surface area contributed by atoms with E-state index in [1.165, 1.54) is 0 Å². The van der Waals surface area contributed by atoms with Crippen LogP contribution < -0.4 is 15.2 Å². The van der Waals surface area contributed by atoms with Crippen LogP contribution in [0.5, 0.6) is 11.5 Å². The molecule has 5 rings (SSSR count). The van der Waals surface area contributed by atoms with Gasteiger partial charge in [0.15, 0.2) is 23.1 Å². The number of piperazine rings is 1. The van der Waals surface area contributed by atoms with Gasteiger partial charge in [-0.05, 0) is 42.2 Å². The van der Waals surface area contributed by atoms with Crippen molar-refractivity contribution in [1.29, 1.82) is 0 Å². The van der Waals surface area contributed by atoms with Crippen LogP contribution in [0.2, 0.25) is 0 Å². The molecular formula is C25H26F3N3O3. The maximum absolute atomic E-state index is 14.2. The smallest absolute Gasteiger partial charge is 0.249 e. The van der Waals surface area contributed by atoms with E-state index >= 15 is 0 Å². The number of benzene rings is 2. The van der Waals surface area contributed by atoms with Crippen molar-refractivity contribution in [2.75, 3.05) is 33.0 Å². The molecule has 0 radical (unpaired) electrons. The zero-order valence-electron chi connectivity index (χ0n) is 18.6. The molecule has 0 unspecified atom stereocenters. The third-order valence-electron chi connectivity index (χ3n) is 6.81.